The molecule has 1 rings (SSSR count). The first-order chi connectivity index (χ1) is 7.19. The van der Waals surface area contributed by atoms with Gasteiger partial charge in [0.05, 0.1) is 13.1 Å². The van der Waals surface area contributed by atoms with Crippen molar-refractivity contribution in [1.82, 2.24) is 15.1 Å². The van der Waals surface area contributed by atoms with E-state index in [1.807, 2.05) is 18.9 Å². The maximum atomic E-state index is 11.6. The molecule has 15 heavy (non-hydrogen) atoms. The highest BCUT2D eigenvalue weighted by atomic mass is 16.2. The van der Waals surface area contributed by atoms with Gasteiger partial charge in [0.15, 0.2) is 0 Å². The van der Waals surface area contributed by atoms with Gasteiger partial charge in [0, 0.05) is 6.54 Å². The van der Waals surface area contributed by atoms with Gasteiger partial charge in [-0.1, -0.05) is 6.92 Å². The number of imide groups is 1. The lowest BCUT2D eigenvalue weighted by Crippen LogP contribution is -2.54. The van der Waals surface area contributed by atoms with Crippen molar-refractivity contribution >= 4 is 11.8 Å². The molecule has 0 bridgehead atoms. The van der Waals surface area contributed by atoms with E-state index in [0.29, 0.717) is 19.6 Å². The maximum absolute atomic E-state index is 11.6. The van der Waals surface area contributed by atoms with Crippen LogP contribution < -0.4 is 5.32 Å². The zero-order valence-corrected chi connectivity index (χ0v) is 9.45. The molecule has 0 unspecified atom stereocenters. The summed E-state index contributed by atoms with van der Waals surface area (Å²) in [5.41, 5.74) is 0. The highest BCUT2D eigenvalue weighted by molar-refractivity contribution is 5.99. The third kappa shape index (κ3) is 3.28. The standard InChI is InChI=1S/C10H19N3O2/c1-3-12-7-9(14)13(10(15)8-12)6-4-5-11-2/h11H,3-8H2,1-2H3. The second-order valence-electron chi connectivity index (χ2n) is 3.70. The summed E-state index contributed by atoms with van der Waals surface area (Å²) in [6.07, 6.45) is 0.820. The van der Waals surface area contributed by atoms with E-state index in [9.17, 15) is 9.59 Å². The SMILES string of the molecule is CCN1CC(=O)N(CCCNC)C(=O)C1. The molecule has 0 aromatic heterocycles. The van der Waals surface area contributed by atoms with E-state index in [2.05, 4.69) is 5.32 Å². The van der Waals surface area contributed by atoms with Gasteiger partial charge in [-0.25, -0.2) is 0 Å². The van der Waals surface area contributed by atoms with Crippen LogP contribution in [-0.4, -0.2) is 61.4 Å². The lowest BCUT2D eigenvalue weighted by molar-refractivity contribution is -0.151. The molecule has 1 fully saturated rings. The predicted molar refractivity (Wildman–Crippen MR) is 57.4 cm³/mol. The fourth-order valence-electron chi connectivity index (χ4n) is 1.64. The third-order valence-electron chi connectivity index (χ3n) is 2.58. The van der Waals surface area contributed by atoms with Crippen LogP contribution in [0.1, 0.15) is 13.3 Å². The smallest absolute Gasteiger partial charge is 0.243 e. The molecule has 0 aromatic rings. The van der Waals surface area contributed by atoms with Crippen LogP contribution in [-0.2, 0) is 9.59 Å². The van der Waals surface area contributed by atoms with E-state index < -0.39 is 0 Å². The number of hydrogen-bond donors (Lipinski definition) is 1. The first-order valence-corrected chi connectivity index (χ1v) is 5.39. The Labute approximate surface area is 90.4 Å². The van der Waals surface area contributed by atoms with E-state index in [0.717, 1.165) is 19.5 Å². The molecular weight excluding hydrogens is 194 g/mol. The van der Waals surface area contributed by atoms with Gasteiger partial charge in [-0.2, -0.15) is 0 Å². The Morgan fingerprint density at radius 3 is 2.33 bits per heavy atom. The normalized spacial score (nSPS) is 18.7. The lowest BCUT2D eigenvalue weighted by Gasteiger charge is -2.31. The zero-order valence-electron chi connectivity index (χ0n) is 9.45. The highest BCUT2D eigenvalue weighted by Gasteiger charge is 2.29. The molecule has 0 aliphatic carbocycles. The molecule has 2 amide bonds. The fourth-order valence-corrected chi connectivity index (χ4v) is 1.64. The number of nitrogens with zero attached hydrogens (tertiary/aromatic N) is 2. The van der Waals surface area contributed by atoms with Gasteiger partial charge in [0.25, 0.3) is 0 Å². The number of piperazine rings is 1. The molecule has 5 heteroatoms. The van der Waals surface area contributed by atoms with Gasteiger partial charge in [0.2, 0.25) is 11.8 Å². The predicted octanol–water partition coefficient (Wildman–Crippen LogP) is -0.713. The van der Waals surface area contributed by atoms with Crippen LogP contribution in [0.4, 0.5) is 0 Å². The second kappa shape index (κ2) is 5.82. The quantitative estimate of drug-likeness (QED) is 0.484. The highest BCUT2D eigenvalue weighted by Crippen LogP contribution is 2.04. The molecule has 1 saturated heterocycles. The molecular formula is C10H19N3O2. The maximum Gasteiger partial charge on any atom is 0.243 e. The number of hydrogen-bond acceptors (Lipinski definition) is 4. The van der Waals surface area contributed by atoms with Crippen molar-refractivity contribution in [2.75, 3.05) is 39.8 Å². The number of rotatable bonds is 5. The van der Waals surface area contributed by atoms with Gasteiger partial charge >= 0.3 is 0 Å². The molecule has 0 radical (unpaired) electrons. The van der Waals surface area contributed by atoms with Crippen LogP contribution in [0.2, 0.25) is 0 Å². The van der Waals surface area contributed by atoms with Crippen molar-refractivity contribution in [2.24, 2.45) is 0 Å². The van der Waals surface area contributed by atoms with E-state index in [4.69, 9.17) is 0 Å². The Kier molecular flexibility index (Phi) is 4.71. The first-order valence-electron chi connectivity index (χ1n) is 5.39. The summed E-state index contributed by atoms with van der Waals surface area (Å²) >= 11 is 0. The van der Waals surface area contributed by atoms with Crippen molar-refractivity contribution in [3.63, 3.8) is 0 Å². The van der Waals surface area contributed by atoms with E-state index in [-0.39, 0.29) is 11.8 Å². The number of carbonyl (C=O) groups excluding carboxylic acids is 2. The monoisotopic (exact) mass is 213 g/mol. The fraction of sp³-hybridized carbons (Fsp3) is 0.800. The van der Waals surface area contributed by atoms with Crippen LogP contribution in [0.5, 0.6) is 0 Å². The molecule has 0 aromatic carbocycles. The first kappa shape index (κ1) is 12.1. The lowest BCUT2D eigenvalue weighted by atomic mass is 10.2. The summed E-state index contributed by atoms with van der Waals surface area (Å²) < 4.78 is 0. The number of carbonyl (C=O) groups is 2. The Morgan fingerprint density at radius 2 is 1.87 bits per heavy atom. The summed E-state index contributed by atoms with van der Waals surface area (Å²) in [4.78, 5) is 26.5. The molecule has 86 valence electrons. The summed E-state index contributed by atoms with van der Waals surface area (Å²) in [5, 5.41) is 3.00. The van der Waals surface area contributed by atoms with Crippen molar-refractivity contribution in [1.29, 1.82) is 0 Å². The Balaban J connectivity index is 2.44. The average Bonchev–Trinajstić information content (AvgIpc) is 2.22. The summed E-state index contributed by atoms with van der Waals surface area (Å²) in [5.74, 6) is -0.131. The van der Waals surface area contributed by atoms with Gasteiger partial charge in [-0.15, -0.1) is 0 Å². The van der Waals surface area contributed by atoms with E-state index in [1.165, 1.54) is 4.90 Å². The summed E-state index contributed by atoms with van der Waals surface area (Å²) in [6, 6.07) is 0. The van der Waals surface area contributed by atoms with Crippen LogP contribution in [0.25, 0.3) is 0 Å². The van der Waals surface area contributed by atoms with E-state index in [1.54, 1.807) is 0 Å². The Hall–Kier alpha value is -0.940. The van der Waals surface area contributed by atoms with Crippen LogP contribution in [0, 0.1) is 0 Å². The Morgan fingerprint density at radius 1 is 1.27 bits per heavy atom. The zero-order chi connectivity index (χ0) is 11.3. The van der Waals surface area contributed by atoms with Gasteiger partial charge in [0.1, 0.15) is 0 Å². The van der Waals surface area contributed by atoms with Gasteiger partial charge in [-0.3, -0.25) is 19.4 Å². The molecule has 1 heterocycles. The minimum absolute atomic E-state index is 0.0656. The molecule has 1 N–H and O–H groups in total. The van der Waals surface area contributed by atoms with Crippen LogP contribution >= 0.6 is 0 Å². The molecule has 0 saturated carbocycles. The topological polar surface area (TPSA) is 52.7 Å². The largest absolute Gasteiger partial charge is 0.320 e. The van der Waals surface area contributed by atoms with Crippen molar-refractivity contribution in [2.45, 2.75) is 13.3 Å². The van der Waals surface area contributed by atoms with Crippen molar-refractivity contribution in [3.8, 4) is 0 Å². The summed E-state index contributed by atoms with van der Waals surface area (Å²) in [6.45, 7) is 4.83. The minimum atomic E-state index is -0.0656. The Bertz CT molecular complexity index is 225. The van der Waals surface area contributed by atoms with Gasteiger partial charge < -0.3 is 5.32 Å². The summed E-state index contributed by atoms with van der Waals surface area (Å²) in [7, 11) is 1.86. The number of amides is 2. The van der Waals surface area contributed by atoms with Crippen LogP contribution in [0.3, 0.4) is 0 Å². The molecule has 5 nitrogen and oxygen atoms in total. The van der Waals surface area contributed by atoms with Crippen molar-refractivity contribution in [3.05, 3.63) is 0 Å². The number of nitrogens with one attached hydrogen (secondary N) is 1. The molecule has 1 aliphatic heterocycles. The minimum Gasteiger partial charge on any atom is -0.320 e. The number of likely N-dealkylation sites (N-methyl/N-ethyl adjacent to an activating group) is 1. The molecule has 1 aliphatic rings. The third-order valence-corrected chi connectivity index (χ3v) is 2.58. The molecule has 0 atom stereocenters. The van der Waals surface area contributed by atoms with Crippen LogP contribution in [0.15, 0.2) is 0 Å². The van der Waals surface area contributed by atoms with Crippen molar-refractivity contribution < 1.29 is 9.59 Å². The van der Waals surface area contributed by atoms with Gasteiger partial charge in [-0.05, 0) is 26.6 Å². The molecule has 0 spiro atoms. The second-order valence-corrected chi connectivity index (χ2v) is 3.70. The average molecular weight is 213 g/mol. The van der Waals surface area contributed by atoms with E-state index >= 15 is 0 Å².